The zero-order valence-electron chi connectivity index (χ0n) is 11.4. The molecule has 1 aliphatic rings. The van der Waals surface area contributed by atoms with E-state index in [1.54, 1.807) is 13.8 Å². The number of nitrogens with one attached hydrogen (secondary N) is 1. The van der Waals surface area contributed by atoms with E-state index >= 15 is 0 Å². The molecule has 0 saturated carbocycles. The van der Waals surface area contributed by atoms with E-state index in [1.165, 1.54) is 17.2 Å². The number of fused-ring (bicyclic) bond motifs is 1. The largest absolute Gasteiger partial charge is 0.348 e. The van der Waals surface area contributed by atoms with Crippen molar-refractivity contribution in [3.05, 3.63) is 22.6 Å². The fraction of sp³-hybridized carbons (Fsp3) is 0.417. The lowest BCUT2D eigenvalue weighted by Gasteiger charge is -2.18. The molecule has 0 spiro atoms. The zero-order valence-corrected chi connectivity index (χ0v) is 12.3. The molecule has 0 bridgehead atoms. The lowest BCUT2D eigenvalue weighted by atomic mass is 10.2. The quantitative estimate of drug-likeness (QED) is 0.808. The Balaban J connectivity index is 1.86. The third kappa shape index (κ3) is 2.29. The number of aromatic nitrogens is 3. The van der Waals surface area contributed by atoms with Crippen LogP contribution in [0.2, 0.25) is 0 Å². The maximum absolute atomic E-state index is 12.2. The average Bonchev–Trinajstić information content (AvgIpc) is 2.92. The Hall–Kier alpha value is -2.29. The number of carbonyl (C=O) groups excluding carboxylic acids is 2. The molecule has 110 valence electrons. The maximum atomic E-state index is 12.2. The molecule has 2 aromatic rings. The lowest BCUT2D eigenvalue weighted by Crippen LogP contribution is -2.39. The Morgan fingerprint density at radius 1 is 1.38 bits per heavy atom. The summed E-state index contributed by atoms with van der Waals surface area (Å²) in [4.78, 5) is 41.3. The van der Waals surface area contributed by atoms with Crippen LogP contribution in [0, 0.1) is 0 Å². The summed E-state index contributed by atoms with van der Waals surface area (Å²) in [5.74, 6) is -0.474. The first kappa shape index (κ1) is 13.7. The third-order valence-corrected chi connectivity index (χ3v) is 4.02. The predicted molar refractivity (Wildman–Crippen MR) is 76.2 cm³/mol. The molecule has 1 aliphatic heterocycles. The van der Waals surface area contributed by atoms with E-state index in [4.69, 9.17) is 0 Å². The predicted octanol–water partition coefficient (Wildman–Crippen LogP) is 0.0988. The van der Waals surface area contributed by atoms with Gasteiger partial charge in [0.15, 0.2) is 0 Å². The van der Waals surface area contributed by atoms with Crippen molar-refractivity contribution in [2.24, 2.45) is 0 Å². The monoisotopic (exact) mass is 307 g/mol. The molecule has 9 heteroatoms. The third-order valence-electron chi connectivity index (χ3n) is 3.17. The number of hydrogen-bond donors (Lipinski definition) is 1. The number of anilines is 1. The van der Waals surface area contributed by atoms with E-state index in [9.17, 15) is 14.4 Å². The first-order valence-corrected chi connectivity index (χ1v) is 7.26. The van der Waals surface area contributed by atoms with Gasteiger partial charge in [0.25, 0.3) is 11.5 Å². The Morgan fingerprint density at radius 2 is 2.14 bits per heavy atom. The van der Waals surface area contributed by atoms with E-state index < -0.39 is 6.04 Å². The molecule has 3 rings (SSSR count). The summed E-state index contributed by atoms with van der Waals surface area (Å²) < 4.78 is 1.16. The molecule has 0 aromatic carbocycles. The van der Waals surface area contributed by atoms with Gasteiger partial charge in [-0.3, -0.25) is 19.3 Å². The van der Waals surface area contributed by atoms with Crippen molar-refractivity contribution in [2.45, 2.75) is 32.4 Å². The van der Waals surface area contributed by atoms with Crippen LogP contribution in [0.1, 0.15) is 20.3 Å². The van der Waals surface area contributed by atoms with Crippen molar-refractivity contribution in [3.8, 4) is 0 Å². The normalized spacial score (nSPS) is 19.0. The molecule has 2 amide bonds. The zero-order chi connectivity index (χ0) is 15.1. The summed E-state index contributed by atoms with van der Waals surface area (Å²) in [6.45, 7) is 3.58. The van der Waals surface area contributed by atoms with Crippen LogP contribution in [0.4, 0.5) is 5.13 Å². The van der Waals surface area contributed by atoms with Crippen LogP contribution >= 0.6 is 11.3 Å². The van der Waals surface area contributed by atoms with Gasteiger partial charge < -0.3 is 5.32 Å². The van der Waals surface area contributed by atoms with Gasteiger partial charge in [-0.25, -0.2) is 4.98 Å². The molecule has 1 N–H and O–H groups in total. The molecule has 1 fully saturated rings. The van der Waals surface area contributed by atoms with E-state index in [-0.39, 0.29) is 29.8 Å². The van der Waals surface area contributed by atoms with Gasteiger partial charge in [-0.1, -0.05) is 11.3 Å². The van der Waals surface area contributed by atoms with E-state index in [0.29, 0.717) is 10.1 Å². The highest BCUT2D eigenvalue weighted by Crippen LogP contribution is 2.22. The minimum absolute atomic E-state index is 0.0925. The summed E-state index contributed by atoms with van der Waals surface area (Å²) in [5, 5.41) is 7.38. The van der Waals surface area contributed by atoms with Gasteiger partial charge in [0.05, 0.1) is 6.42 Å². The van der Waals surface area contributed by atoms with Crippen molar-refractivity contribution in [1.29, 1.82) is 0 Å². The van der Waals surface area contributed by atoms with Crippen LogP contribution < -0.4 is 10.9 Å². The number of hydrogen-bond acceptors (Lipinski definition) is 7. The molecule has 0 radical (unpaired) electrons. The topological polar surface area (TPSA) is 96.7 Å². The number of likely N-dealkylation sites (tertiary alicyclic amines) is 1. The number of imide groups is 1. The van der Waals surface area contributed by atoms with Gasteiger partial charge in [0.1, 0.15) is 6.04 Å². The second-order valence-corrected chi connectivity index (χ2v) is 5.94. The van der Waals surface area contributed by atoms with E-state index in [2.05, 4.69) is 15.4 Å². The highest BCUT2D eigenvalue weighted by Gasteiger charge is 2.40. The molecular weight excluding hydrogens is 294 g/mol. The summed E-state index contributed by atoms with van der Waals surface area (Å²) in [6.07, 6.45) is 1.50. The molecule has 3 heterocycles. The van der Waals surface area contributed by atoms with Gasteiger partial charge >= 0.3 is 0 Å². The fourth-order valence-corrected chi connectivity index (χ4v) is 3.08. The molecule has 1 atom stereocenters. The van der Waals surface area contributed by atoms with Gasteiger partial charge in [-0.05, 0) is 13.8 Å². The first-order valence-electron chi connectivity index (χ1n) is 6.44. The second kappa shape index (κ2) is 4.92. The summed E-state index contributed by atoms with van der Waals surface area (Å²) in [5.41, 5.74) is -0.290. The van der Waals surface area contributed by atoms with E-state index in [0.717, 1.165) is 15.9 Å². The van der Waals surface area contributed by atoms with Crippen molar-refractivity contribution >= 4 is 33.2 Å². The summed E-state index contributed by atoms with van der Waals surface area (Å²) in [7, 11) is 0. The highest BCUT2D eigenvalue weighted by molar-refractivity contribution is 7.20. The Morgan fingerprint density at radius 3 is 2.76 bits per heavy atom. The number of amides is 2. The van der Waals surface area contributed by atoms with Crippen LogP contribution in [0.25, 0.3) is 4.96 Å². The van der Waals surface area contributed by atoms with Crippen LogP contribution in [0.5, 0.6) is 0 Å². The maximum Gasteiger partial charge on any atom is 0.275 e. The lowest BCUT2D eigenvalue weighted by molar-refractivity contribution is -0.140. The van der Waals surface area contributed by atoms with Gasteiger partial charge in [0, 0.05) is 18.3 Å². The van der Waals surface area contributed by atoms with Gasteiger partial charge in [0.2, 0.25) is 16.0 Å². The van der Waals surface area contributed by atoms with Crippen molar-refractivity contribution in [2.75, 3.05) is 5.32 Å². The van der Waals surface area contributed by atoms with E-state index in [1.807, 2.05) is 0 Å². The van der Waals surface area contributed by atoms with Crippen LogP contribution in [-0.2, 0) is 9.59 Å². The van der Waals surface area contributed by atoms with Crippen molar-refractivity contribution in [3.63, 3.8) is 0 Å². The van der Waals surface area contributed by atoms with Crippen molar-refractivity contribution < 1.29 is 9.59 Å². The standard InChI is InChI=1S/C12H13N5O3S/c1-6(2)16-9(19)5-7(10(16)20)14-11-15-17-8(18)3-4-13-12(17)21-11/h3-4,6-7H,5H2,1-2H3,(H,14,15). The molecule has 21 heavy (non-hydrogen) atoms. The summed E-state index contributed by atoms with van der Waals surface area (Å²) in [6, 6.07) is 0.494. The minimum atomic E-state index is -0.642. The van der Waals surface area contributed by atoms with Crippen LogP contribution in [0.3, 0.4) is 0 Å². The SMILES string of the molecule is CC(C)N1C(=O)CC(Nc2nn3c(=O)ccnc3s2)C1=O. The second-order valence-electron chi connectivity index (χ2n) is 4.98. The smallest absolute Gasteiger partial charge is 0.275 e. The Labute approximate surface area is 123 Å². The van der Waals surface area contributed by atoms with Crippen molar-refractivity contribution in [1.82, 2.24) is 19.5 Å². The first-order chi connectivity index (χ1) is 9.97. The number of rotatable bonds is 3. The fourth-order valence-electron chi connectivity index (χ4n) is 2.26. The molecule has 0 aliphatic carbocycles. The molecular formula is C12H13N5O3S. The number of nitrogens with zero attached hydrogens (tertiary/aromatic N) is 4. The number of carbonyl (C=O) groups is 2. The molecule has 2 aromatic heterocycles. The van der Waals surface area contributed by atoms with Gasteiger partial charge in [-0.15, -0.1) is 5.10 Å². The minimum Gasteiger partial charge on any atom is -0.348 e. The van der Waals surface area contributed by atoms with Crippen LogP contribution in [-0.4, -0.2) is 43.4 Å². The Bertz CT molecular complexity index is 781. The molecule has 1 saturated heterocycles. The van der Waals surface area contributed by atoms with Crippen LogP contribution in [0.15, 0.2) is 17.1 Å². The molecule has 8 nitrogen and oxygen atoms in total. The summed E-state index contributed by atoms with van der Waals surface area (Å²) >= 11 is 1.16. The molecule has 1 unspecified atom stereocenters. The Kier molecular flexibility index (Phi) is 3.20. The van der Waals surface area contributed by atoms with Gasteiger partial charge in [-0.2, -0.15) is 4.52 Å². The highest BCUT2D eigenvalue weighted by atomic mass is 32.1. The average molecular weight is 307 g/mol.